The molecule has 1 aromatic carbocycles. The molecule has 1 amide bonds. The van der Waals surface area contributed by atoms with Gasteiger partial charge in [-0.1, -0.05) is 36.8 Å². The number of aryl methyl sites for hydroxylation is 1. The molecule has 0 aliphatic rings. The summed E-state index contributed by atoms with van der Waals surface area (Å²) in [7, 11) is 0. The maximum atomic E-state index is 11.9. The molecule has 1 N–H and O–H groups in total. The van der Waals surface area contributed by atoms with E-state index in [1.54, 1.807) is 11.8 Å². The van der Waals surface area contributed by atoms with Crippen LogP contribution in [0.15, 0.2) is 24.3 Å². The molecule has 20 heavy (non-hydrogen) atoms. The molecule has 112 valence electrons. The van der Waals surface area contributed by atoms with Crippen LogP contribution in [0.25, 0.3) is 0 Å². The average Bonchev–Trinajstić information content (AvgIpc) is 2.41. The molecule has 4 heteroatoms. The molecule has 0 fully saturated rings. The number of nitrogens with one attached hydrogen (secondary N) is 1. The number of rotatable bonds is 8. The quantitative estimate of drug-likeness (QED) is 0.793. The van der Waals surface area contributed by atoms with Crippen molar-refractivity contribution in [1.29, 1.82) is 0 Å². The number of benzene rings is 1. The van der Waals surface area contributed by atoms with Crippen LogP contribution in [-0.2, 0) is 10.5 Å². The maximum Gasteiger partial charge on any atom is 0.223 e. The van der Waals surface area contributed by atoms with Gasteiger partial charge in [0.2, 0.25) is 5.91 Å². The lowest BCUT2D eigenvalue weighted by atomic mass is 10.2. The summed E-state index contributed by atoms with van der Waals surface area (Å²) in [6, 6.07) is 8.86. The van der Waals surface area contributed by atoms with E-state index in [9.17, 15) is 4.79 Å². The van der Waals surface area contributed by atoms with Crippen molar-refractivity contribution in [2.24, 2.45) is 5.92 Å². The summed E-state index contributed by atoms with van der Waals surface area (Å²) in [5, 5.41) is 3.09. The molecule has 0 aliphatic carbocycles. The van der Waals surface area contributed by atoms with Crippen molar-refractivity contribution in [3.8, 4) is 0 Å². The highest BCUT2D eigenvalue weighted by Crippen LogP contribution is 2.14. The van der Waals surface area contributed by atoms with E-state index in [0.717, 1.165) is 17.3 Å². The van der Waals surface area contributed by atoms with E-state index in [2.05, 4.69) is 43.4 Å². The van der Waals surface area contributed by atoms with Crippen LogP contribution in [0.5, 0.6) is 0 Å². The third kappa shape index (κ3) is 6.71. The molecule has 1 rings (SSSR count). The zero-order valence-corrected chi connectivity index (χ0v) is 14.4. The summed E-state index contributed by atoms with van der Waals surface area (Å²) in [5.74, 6) is 3.10. The van der Waals surface area contributed by atoms with E-state index < -0.39 is 0 Å². The Kier molecular flexibility index (Phi) is 8.15. The van der Waals surface area contributed by atoms with Crippen LogP contribution in [0, 0.1) is 12.8 Å². The number of thioether (sulfide) groups is 2. The van der Waals surface area contributed by atoms with Crippen molar-refractivity contribution in [3.05, 3.63) is 35.4 Å². The molecule has 2 unspecified atom stereocenters. The largest absolute Gasteiger partial charge is 0.353 e. The fourth-order valence-corrected chi connectivity index (χ4v) is 3.42. The van der Waals surface area contributed by atoms with Crippen LogP contribution in [0.2, 0.25) is 0 Å². The normalized spacial score (nSPS) is 13.8. The van der Waals surface area contributed by atoms with Gasteiger partial charge in [-0.15, -0.1) is 0 Å². The summed E-state index contributed by atoms with van der Waals surface area (Å²) in [6.07, 6.45) is 2.03. The molecule has 0 radical (unpaired) electrons. The molecule has 0 heterocycles. The molecule has 0 saturated heterocycles. The van der Waals surface area contributed by atoms with Crippen molar-refractivity contribution >= 4 is 29.4 Å². The predicted octanol–water partition coefficient (Wildman–Crippen LogP) is 3.73. The monoisotopic (exact) mass is 311 g/mol. The molecule has 0 aromatic heterocycles. The first kappa shape index (κ1) is 17.4. The summed E-state index contributed by atoms with van der Waals surface area (Å²) < 4.78 is 0. The molecule has 2 atom stereocenters. The lowest BCUT2D eigenvalue weighted by Gasteiger charge is -2.16. The molecule has 0 bridgehead atoms. The molecule has 0 aliphatic heterocycles. The van der Waals surface area contributed by atoms with Gasteiger partial charge in [-0.2, -0.15) is 23.5 Å². The van der Waals surface area contributed by atoms with Crippen molar-refractivity contribution in [2.45, 2.75) is 32.6 Å². The van der Waals surface area contributed by atoms with Crippen LogP contribution in [-0.4, -0.2) is 29.7 Å². The van der Waals surface area contributed by atoms with Crippen LogP contribution in [0.1, 0.15) is 25.0 Å². The van der Waals surface area contributed by atoms with Gasteiger partial charge in [0.05, 0.1) is 0 Å². The fourth-order valence-electron chi connectivity index (χ4n) is 1.79. The Bertz CT molecular complexity index is 405. The molecular formula is C16H25NOS2. The summed E-state index contributed by atoms with van der Waals surface area (Å²) in [4.78, 5) is 11.9. The van der Waals surface area contributed by atoms with Gasteiger partial charge in [0.1, 0.15) is 0 Å². The first-order valence-electron chi connectivity index (χ1n) is 6.95. The van der Waals surface area contributed by atoms with Gasteiger partial charge in [0, 0.05) is 29.2 Å². The van der Waals surface area contributed by atoms with E-state index in [4.69, 9.17) is 0 Å². The lowest BCUT2D eigenvalue weighted by Crippen LogP contribution is -2.38. The first-order valence-corrected chi connectivity index (χ1v) is 9.50. The van der Waals surface area contributed by atoms with Crippen LogP contribution < -0.4 is 5.32 Å². The Labute approximate surface area is 131 Å². The molecule has 0 saturated carbocycles. The SMILES string of the molecule is CSCC(C)C(=O)NC(C)CSCc1ccc(C)cc1. The Morgan fingerprint density at radius 2 is 1.85 bits per heavy atom. The lowest BCUT2D eigenvalue weighted by molar-refractivity contribution is -0.124. The summed E-state index contributed by atoms with van der Waals surface area (Å²) in [5.41, 5.74) is 2.64. The second-order valence-corrected chi connectivity index (χ2v) is 7.21. The minimum Gasteiger partial charge on any atom is -0.353 e. The maximum absolute atomic E-state index is 11.9. The molecule has 1 aromatic rings. The van der Waals surface area contributed by atoms with Gasteiger partial charge in [0.25, 0.3) is 0 Å². The van der Waals surface area contributed by atoms with Crippen LogP contribution in [0.3, 0.4) is 0 Å². The minimum atomic E-state index is 0.0922. The Morgan fingerprint density at radius 1 is 1.20 bits per heavy atom. The highest BCUT2D eigenvalue weighted by Gasteiger charge is 2.14. The van der Waals surface area contributed by atoms with Crippen LogP contribution in [0.4, 0.5) is 0 Å². The fraction of sp³-hybridized carbons (Fsp3) is 0.562. The van der Waals surface area contributed by atoms with E-state index in [0.29, 0.717) is 0 Å². The van der Waals surface area contributed by atoms with Crippen molar-refractivity contribution in [2.75, 3.05) is 17.8 Å². The number of hydrogen-bond acceptors (Lipinski definition) is 3. The standard InChI is InChI=1S/C16H25NOS2/c1-12-5-7-15(8-6-12)11-20-10-14(3)17-16(18)13(2)9-19-4/h5-8,13-14H,9-11H2,1-4H3,(H,17,18). The van der Waals surface area contributed by atoms with Gasteiger partial charge in [-0.25, -0.2) is 0 Å². The Hall–Kier alpha value is -0.610. The number of carbonyl (C=O) groups excluding carboxylic acids is 1. The van der Waals surface area contributed by atoms with Crippen LogP contribution >= 0.6 is 23.5 Å². The third-order valence-electron chi connectivity index (χ3n) is 3.01. The van der Waals surface area contributed by atoms with E-state index in [1.165, 1.54) is 11.1 Å². The predicted molar refractivity (Wildman–Crippen MR) is 92.5 cm³/mol. The number of carbonyl (C=O) groups is 1. The topological polar surface area (TPSA) is 29.1 Å². The highest BCUT2D eigenvalue weighted by molar-refractivity contribution is 7.98. The smallest absolute Gasteiger partial charge is 0.223 e. The second-order valence-electron chi connectivity index (χ2n) is 5.27. The summed E-state index contributed by atoms with van der Waals surface area (Å²) >= 11 is 3.58. The van der Waals surface area contributed by atoms with E-state index in [-0.39, 0.29) is 17.9 Å². The highest BCUT2D eigenvalue weighted by atomic mass is 32.2. The number of hydrogen-bond donors (Lipinski definition) is 1. The van der Waals surface area contributed by atoms with Gasteiger partial charge >= 0.3 is 0 Å². The minimum absolute atomic E-state index is 0.0922. The zero-order valence-electron chi connectivity index (χ0n) is 12.8. The van der Waals surface area contributed by atoms with Gasteiger partial charge in [-0.3, -0.25) is 4.79 Å². The van der Waals surface area contributed by atoms with E-state index in [1.807, 2.05) is 24.9 Å². The molecule has 0 spiro atoms. The third-order valence-corrected chi connectivity index (χ3v) is 5.12. The van der Waals surface area contributed by atoms with Crippen molar-refractivity contribution in [1.82, 2.24) is 5.32 Å². The van der Waals surface area contributed by atoms with Crippen molar-refractivity contribution in [3.63, 3.8) is 0 Å². The molecule has 2 nitrogen and oxygen atoms in total. The van der Waals surface area contributed by atoms with Gasteiger partial charge in [-0.05, 0) is 25.7 Å². The van der Waals surface area contributed by atoms with Gasteiger partial charge in [0.15, 0.2) is 0 Å². The zero-order chi connectivity index (χ0) is 15.0. The Balaban J connectivity index is 2.24. The first-order chi connectivity index (χ1) is 9.52. The second kappa shape index (κ2) is 9.35. The van der Waals surface area contributed by atoms with E-state index >= 15 is 0 Å². The average molecular weight is 312 g/mol. The number of amides is 1. The Morgan fingerprint density at radius 3 is 2.45 bits per heavy atom. The van der Waals surface area contributed by atoms with Crippen molar-refractivity contribution < 1.29 is 4.79 Å². The van der Waals surface area contributed by atoms with Gasteiger partial charge < -0.3 is 5.32 Å². The molecular weight excluding hydrogens is 286 g/mol. The summed E-state index contributed by atoms with van der Waals surface area (Å²) in [6.45, 7) is 6.16.